The second-order valence-corrected chi connectivity index (χ2v) is 5.20. The highest BCUT2D eigenvalue weighted by Gasteiger charge is 2.25. The van der Waals surface area contributed by atoms with Crippen LogP contribution < -0.4 is 5.32 Å². The Hall–Kier alpha value is -1.58. The molecule has 1 aliphatic rings. The Balaban J connectivity index is 1.71. The molecule has 0 aromatic carbocycles. The van der Waals surface area contributed by atoms with Gasteiger partial charge < -0.3 is 10.3 Å². The van der Waals surface area contributed by atoms with Crippen molar-refractivity contribution in [2.24, 2.45) is 11.8 Å². The van der Waals surface area contributed by atoms with Crippen LogP contribution in [0.3, 0.4) is 0 Å². The second-order valence-electron chi connectivity index (χ2n) is 5.20. The Morgan fingerprint density at radius 1 is 1.33 bits per heavy atom. The third kappa shape index (κ3) is 2.07. The molecule has 2 N–H and O–H groups in total. The predicted octanol–water partition coefficient (Wildman–Crippen LogP) is 3.20. The van der Waals surface area contributed by atoms with Crippen molar-refractivity contribution in [1.29, 1.82) is 0 Å². The largest absolute Gasteiger partial charge is 0.369 e. The normalized spacial score (nSPS) is 23.6. The van der Waals surface area contributed by atoms with Crippen molar-refractivity contribution >= 4 is 16.9 Å². The van der Waals surface area contributed by atoms with Crippen LogP contribution in [0.2, 0.25) is 0 Å². The van der Waals surface area contributed by atoms with Crippen LogP contribution in [0.15, 0.2) is 18.6 Å². The molecule has 1 saturated carbocycles. The van der Waals surface area contributed by atoms with Gasteiger partial charge in [-0.1, -0.05) is 26.2 Å². The van der Waals surface area contributed by atoms with Crippen LogP contribution in [-0.4, -0.2) is 21.5 Å². The molecule has 0 aliphatic heterocycles. The topological polar surface area (TPSA) is 53.6 Å². The van der Waals surface area contributed by atoms with E-state index in [1.807, 2.05) is 12.3 Å². The van der Waals surface area contributed by atoms with Crippen molar-refractivity contribution in [3.63, 3.8) is 0 Å². The maximum Gasteiger partial charge on any atom is 0.142 e. The summed E-state index contributed by atoms with van der Waals surface area (Å²) in [6.07, 6.45) is 8.96. The summed E-state index contributed by atoms with van der Waals surface area (Å²) in [6, 6.07) is 2.03. The van der Waals surface area contributed by atoms with E-state index in [0.717, 1.165) is 35.2 Å². The molecular formula is C14H20N4. The molecule has 0 spiro atoms. The van der Waals surface area contributed by atoms with E-state index in [2.05, 4.69) is 27.2 Å². The summed E-state index contributed by atoms with van der Waals surface area (Å²) < 4.78 is 0. The molecule has 1 fully saturated rings. The van der Waals surface area contributed by atoms with E-state index < -0.39 is 0 Å². The summed E-state index contributed by atoms with van der Waals surface area (Å²) in [5, 5.41) is 4.60. The Morgan fingerprint density at radius 2 is 2.22 bits per heavy atom. The molecule has 96 valence electrons. The average molecular weight is 244 g/mol. The minimum Gasteiger partial charge on any atom is -0.369 e. The van der Waals surface area contributed by atoms with Gasteiger partial charge in [-0.2, -0.15) is 0 Å². The molecule has 3 rings (SSSR count). The van der Waals surface area contributed by atoms with Crippen LogP contribution in [0.4, 0.5) is 5.82 Å². The maximum absolute atomic E-state index is 4.35. The number of rotatable bonds is 4. The zero-order valence-corrected chi connectivity index (χ0v) is 10.8. The van der Waals surface area contributed by atoms with Crippen LogP contribution >= 0.6 is 0 Å². The van der Waals surface area contributed by atoms with Crippen LogP contribution in [0.5, 0.6) is 0 Å². The first-order chi connectivity index (χ1) is 8.88. The van der Waals surface area contributed by atoms with Gasteiger partial charge in [-0.25, -0.2) is 9.97 Å². The zero-order valence-electron chi connectivity index (χ0n) is 10.8. The molecule has 2 aromatic heterocycles. The van der Waals surface area contributed by atoms with E-state index in [0.29, 0.717) is 0 Å². The number of hydrogen-bond donors (Lipinski definition) is 2. The summed E-state index contributed by atoms with van der Waals surface area (Å²) in [6.45, 7) is 3.34. The first kappa shape index (κ1) is 11.5. The average Bonchev–Trinajstić information content (AvgIpc) is 3.04. The fourth-order valence-electron chi connectivity index (χ4n) is 3.16. The molecule has 0 bridgehead atoms. The van der Waals surface area contributed by atoms with Gasteiger partial charge in [0.2, 0.25) is 0 Å². The minimum atomic E-state index is 0.805. The van der Waals surface area contributed by atoms with Crippen molar-refractivity contribution in [2.75, 3.05) is 11.9 Å². The molecule has 0 saturated heterocycles. The van der Waals surface area contributed by atoms with Crippen LogP contribution in [0.25, 0.3) is 11.0 Å². The Bertz CT molecular complexity index is 519. The molecule has 2 atom stereocenters. The number of fused-ring (bicyclic) bond motifs is 1. The van der Waals surface area contributed by atoms with Crippen LogP contribution in [0, 0.1) is 11.8 Å². The van der Waals surface area contributed by atoms with Gasteiger partial charge in [0.1, 0.15) is 17.8 Å². The molecule has 2 heterocycles. The van der Waals surface area contributed by atoms with E-state index in [-0.39, 0.29) is 0 Å². The molecule has 0 radical (unpaired) electrons. The highest BCUT2D eigenvalue weighted by molar-refractivity contribution is 5.86. The quantitative estimate of drug-likeness (QED) is 0.868. The van der Waals surface area contributed by atoms with E-state index >= 15 is 0 Å². The smallest absolute Gasteiger partial charge is 0.142 e. The van der Waals surface area contributed by atoms with E-state index in [9.17, 15) is 0 Å². The summed E-state index contributed by atoms with van der Waals surface area (Å²) in [7, 11) is 0. The molecule has 18 heavy (non-hydrogen) atoms. The van der Waals surface area contributed by atoms with Gasteiger partial charge in [0.05, 0.1) is 5.39 Å². The van der Waals surface area contributed by atoms with Crippen LogP contribution in [0.1, 0.15) is 32.6 Å². The van der Waals surface area contributed by atoms with E-state index in [1.165, 1.54) is 25.7 Å². The number of aromatic nitrogens is 3. The van der Waals surface area contributed by atoms with Gasteiger partial charge in [-0.15, -0.1) is 0 Å². The van der Waals surface area contributed by atoms with Gasteiger partial charge in [0.15, 0.2) is 0 Å². The lowest BCUT2D eigenvalue weighted by atomic mass is 9.94. The van der Waals surface area contributed by atoms with Gasteiger partial charge >= 0.3 is 0 Å². The molecule has 1 aliphatic carbocycles. The SMILES string of the molecule is CCC1CCCC1CNc1ncnc2[nH]ccc12. The molecule has 2 unspecified atom stereocenters. The van der Waals surface area contributed by atoms with Gasteiger partial charge in [-0.3, -0.25) is 0 Å². The van der Waals surface area contributed by atoms with Crippen molar-refractivity contribution in [2.45, 2.75) is 32.6 Å². The zero-order chi connectivity index (χ0) is 12.4. The lowest BCUT2D eigenvalue weighted by Crippen LogP contribution is -2.18. The monoisotopic (exact) mass is 244 g/mol. The van der Waals surface area contributed by atoms with Crippen molar-refractivity contribution in [1.82, 2.24) is 15.0 Å². The predicted molar refractivity (Wildman–Crippen MR) is 73.5 cm³/mol. The van der Waals surface area contributed by atoms with Gasteiger partial charge in [0, 0.05) is 12.7 Å². The lowest BCUT2D eigenvalue weighted by Gasteiger charge is -2.18. The molecule has 2 aromatic rings. The Morgan fingerprint density at radius 3 is 3.11 bits per heavy atom. The molecule has 4 nitrogen and oxygen atoms in total. The number of nitrogens with one attached hydrogen (secondary N) is 2. The van der Waals surface area contributed by atoms with E-state index in [4.69, 9.17) is 0 Å². The number of H-pyrrole nitrogens is 1. The van der Waals surface area contributed by atoms with Gasteiger partial charge in [0.25, 0.3) is 0 Å². The number of anilines is 1. The summed E-state index contributed by atoms with van der Waals surface area (Å²) in [5.41, 5.74) is 0.908. The van der Waals surface area contributed by atoms with E-state index in [1.54, 1.807) is 6.33 Å². The summed E-state index contributed by atoms with van der Waals surface area (Å²) in [4.78, 5) is 11.7. The van der Waals surface area contributed by atoms with Crippen molar-refractivity contribution in [3.8, 4) is 0 Å². The highest BCUT2D eigenvalue weighted by atomic mass is 15.0. The second kappa shape index (κ2) is 4.96. The standard InChI is InChI=1S/C14H20N4/c1-2-10-4-3-5-11(10)8-16-14-12-6-7-15-13(12)17-9-18-14/h6-7,9-11H,2-5,8H2,1H3,(H2,15,16,17,18). The third-order valence-electron chi connectivity index (χ3n) is 4.23. The van der Waals surface area contributed by atoms with Crippen molar-refractivity contribution < 1.29 is 0 Å². The molecular weight excluding hydrogens is 224 g/mol. The fraction of sp³-hybridized carbons (Fsp3) is 0.571. The number of nitrogens with zero attached hydrogens (tertiary/aromatic N) is 2. The molecule has 4 heteroatoms. The minimum absolute atomic E-state index is 0.805. The van der Waals surface area contributed by atoms with Gasteiger partial charge in [-0.05, 0) is 24.3 Å². The Labute approximate surface area is 107 Å². The van der Waals surface area contributed by atoms with Crippen molar-refractivity contribution in [3.05, 3.63) is 18.6 Å². The number of aromatic amines is 1. The highest BCUT2D eigenvalue weighted by Crippen LogP contribution is 2.34. The fourth-order valence-corrected chi connectivity index (χ4v) is 3.16. The third-order valence-corrected chi connectivity index (χ3v) is 4.23. The molecule has 0 amide bonds. The first-order valence-electron chi connectivity index (χ1n) is 6.90. The van der Waals surface area contributed by atoms with Crippen LogP contribution in [-0.2, 0) is 0 Å². The first-order valence-corrected chi connectivity index (χ1v) is 6.90. The maximum atomic E-state index is 4.35. The number of hydrogen-bond acceptors (Lipinski definition) is 3. The lowest BCUT2D eigenvalue weighted by molar-refractivity contribution is 0.393. The summed E-state index contributed by atoms with van der Waals surface area (Å²) >= 11 is 0. The Kier molecular flexibility index (Phi) is 3.17. The summed E-state index contributed by atoms with van der Waals surface area (Å²) in [5.74, 6) is 2.66.